The standard InChI is InChI=1S/C12H16.C10H13Cl.C10H13F.3C10H14.C9H10Cl2.C9H10ClF.C9H10F2/c1-9(2)11-5-3-4-6-12(11)10-7-8-10;2*1-7(2)10-8(3)5-4-6-9(10)11;3*1-8(2)10-7-5-4-6-9(10)3;3*1-6(2)9-7(10)4-3-5-8(9)11/h3-6,9-10H,7-8H2,1-2H3;2*4-7H,1-3H3;3*4-8H,1-3H3;3*3-6H,1-2H3. The first kappa shape index (κ1) is 86.9. The van der Waals surface area contributed by atoms with Crippen LogP contribution in [-0.2, 0) is 0 Å². The molecular formula is C89H114Cl4F4. The Morgan fingerprint density at radius 1 is 0.237 bits per heavy atom. The Kier molecular flexibility index (Phi) is 40.1. The summed E-state index contributed by atoms with van der Waals surface area (Å²) in [6, 6.07) is 60.0. The predicted molar refractivity (Wildman–Crippen MR) is 420 cm³/mol. The molecule has 526 valence electrons. The molecule has 0 saturated heterocycles. The lowest BCUT2D eigenvalue weighted by atomic mass is 9.95. The van der Waals surface area contributed by atoms with Gasteiger partial charge in [0.2, 0.25) is 0 Å². The second kappa shape index (κ2) is 44.8. The molecule has 8 heteroatoms. The van der Waals surface area contributed by atoms with Crippen molar-refractivity contribution in [2.75, 3.05) is 0 Å². The molecule has 9 aromatic carbocycles. The van der Waals surface area contributed by atoms with Crippen LogP contribution in [0.5, 0.6) is 0 Å². The number of halogens is 8. The van der Waals surface area contributed by atoms with Crippen molar-refractivity contribution in [2.24, 2.45) is 0 Å². The topological polar surface area (TPSA) is 0 Å². The monoisotopic (exact) mass is 1400 g/mol. The molecule has 1 aliphatic rings. The fourth-order valence-electron chi connectivity index (χ4n) is 11.4. The van der Waals surface area contributed by atoms with E-state index in [1.165, 1.54) is 87.7 Å². The van der Waals surface area contributed by atoms with Gasteiger partial charge in [-0.3, -0.25) is 0 Å². The third-order valence-electron chi connectivity index (χ3n) is 16.5. The Bertz CT molecular complexity index is 3160. The smallest absolute Gasteiger partial charge is 0.129 e. The van der Waals surface area contributed by atoms with Crippen molar-refractivity contribution in [1.82, 2.24) is 0 Å². The summed E-state index contributed by atoms with van der Waals surface area (Å²) in [5.74, 6) is 3.54. The van der Waals surface area contributed by atoms with Crippen LogP contribution in [0, 0.1) is 57.9 Å². The number of hydrogen-bond acceptors (Lipinski definition) is 0. The average molecular weight is 1400 g/mol. The van der Waals surface area contributed by atoms with Crippen LogP contribution in [0.15, 0.2) is 188 Å². The highest BCUT2D eigenvalue weighted by Crippen LogP contribution is 2.43. The van der Waals surface area contributed by atoms with Crippen molar-refractivity contribution in [3.05, 3.63) is 315 Å². The van der Waals surface area contributed by atoms with Gasteiger partial charge in [0.05, 0.1) is 0 Å². The van der Waals surface area contributed by atoms with E-state index in [2.05, 4.69) is 214 Å². The molecule has 1 saturated carbocycles. The molecule has 1 fully saturated rings. The molecule has 0 heterocycles. The molecule has 0 nitrogen and oxygen atoms in total. The van der Waals surface area contributed by atoms with Crippen molar-refractivity contribution in [2.45, 2.75) is 231 Å². The molecule has 0 aliphatic heterocycles. The van der Waals surface area contributed by atoms with E-state index < -0.39 is 11.6 Å². The summed E-state index contributed by atoms with van der Waals surface area (Å²) < 4.78 is 51.8. The maximum atomic E-state index is 13.1. The van der Waals surface area contributed by atoms with Crippen LogP contribution in [0.4, 0.5) is 17.6 Å². The molecule has 1 aliphatic carbocycles. The van der Waals surface area contributed by atoms with Crippen LogP contribution in [0.2, 0.25) is 20.1 Å². The summed E-state index contributed by atoms with van der Waals surface area (Å²) in [6.07, 6.45) is 2.81. The Hall–Kier alpha value is -6.14. The minimum atomic E-state index is -0.458. The molecule has 97 heavy (non-hydrogen) atoms. The maximum Gasteiger partial charge on any atom is 0.129 e. The van der Waals surface area contributed by atoms with E-state index in [1.807, 2.05) is 71.0 Å². The highest BCUT2D eigenvalue weighted by atomic mass is 35.5. The lowest BCUT2D eigenvalue weighted by molar-refractivity contribution is 0.542. The van der Waals surface area contributed by atoms with Crippen LogP contribution >= 0.6 is 46.4 Å². The quantitative estimate of drug-likeness (QED) is 0.120. The highest BCUT2D eigenvalue weighted by molar-refractivity contribution is 6.36. The summed E-state index contributed by atoms with van der Waals surface area (Å²) in [5.41, 5.74) is 18.0. The number of benzene rings is 9. The van der Waals surface area contributed by atoms with E-state index in [9.17, 15) is 17.6 Å². The van der Waals surface area contributed by atoms with Gasteiger partial charge in [-0.1, -0.05) is 311 Å². The van der Waals surface area contributed by atoms with Gasteiger partial charge in [-0.05, 0) is 227 Å². The first-order valence-corrected chi connectivity index (χ1v) is 36.1. The molecule has 10 rings (SSSR count). The van der Waals surface area contributed by atoms with Gasteiger partial charge < -0.3 is 0 Å². The number of aryl methyl sites for hydroxylation is 5. The first-order chi connectivity index (χ1) is 45.6. The van der Waals surface area contributed by atoms with E-state index in [-0.39, 0.29) is 35.0 Å². The largest absolute Gasteiger partial charge is 0.207 e. The van der Waals surface area contributed by atoms with Crippen LogP contribution in [0.1, 0.15) is 280 Å². The minimum absolute atomic E-state index is 0.0833. The van der Waals surface area contributed by atoms with E-state index in [1.54, 1.807) is 43.2 Å². The van der Waals surface area contributed by atoms with E-state index in [0.29, 0.717) is 46.1 Å². The average Bonchev–Trinajstić information content (AvgIpc) is 1.71. The fraction of sp³-hybridized carbons (Fsp3) is 0.393. The van der Waals surface area contributed by atoms with Gasteiger partial charge in [-0.25, -0.2) is 17.6 Å². The van der Waals surface area contributed by atoms with Crippen LogP contribution in [0.3, 0.4) is 0 Å². The van der Waals surface area contributed by atoms with E-state index >= 15 is 0 Å². The second-order valence-corrected chi connectivity index (χ2v) is 29.3. The number of hydrogen-bond donors (Lipinski definition) is 0. The summed E-state index contributed by atoms with van der Waals surface area (Å²) in [5, 5.41) is 2.92. The van der Waals surface area contributed by atoms with Gasteiger partial charge in [-0.15, -0.1) is 0 Å². The van der Waals surface area contributed by atoms with E-state index in [4.69, 9.17) is 46.4 Å². The molecule has 9 aromatic rings. The molecule has 0 atom stereocenters. The van der Waals surface area contributed by atoms with E-state index in [0.717, 1.165) is 37.7 Å². The van der Waals surface area contributed by atoms with Crippen LogP contribution in [-0.4, -0.2) is 0 Å². The van der Waals surface area contributed by atoms with Gasteiger partial charge in [0, 0.05) is 31.2 Å². The highest BCUT2D eigenvalue weighted by Gasteiger charge is 2.26. The van der Waals surface area contributed by atoms with Crippen molar-refractivity contribution in [3.8, 4) is 0 Å². The van der Waals surface area contributed by atoms with Crippen molar-refractivity contribution < 1.29 is 17.6 Å². The Morgan fingerprint density at radius 3 is 0.711 bits per heavy atom. The molecule has 0 radical (unpaired) electrons. The molecule has 0 aromatic heterocycles. The van der Waals surface area contributed by atoms with Crippen molar-refractivity contribution in [3.63, 3.8) is 0 Å². The predicted octanol–water partition coefficient (Wildman–Crippen LogP) is 30.9. The molecule has 0 N–H and O–H groups in total. The van der Waals surface area contributed by atoms with Crippen LogP contribution in [0.25, 0.3) is 0 Å². The maximum absolute atomic E-state index is 13.1. The summed E-state index contributed by atoms with van der Waals surface area (Å²) in [6.45, 7) is 48.3. The summed E-state index contributed by atoms with van der Waals surface area (Å²) in [4.78, 5) is 0. The van der Waals surface area contributed by atoms with Gasteiger partial charge in [-0.2, -0.15) is 0 Å². The van der Waals surface area contributed by atoms with Crippen molar-refractivity contribution in [1.29, 1.82) is 0 Å². The van der Waals surface area contributed by atoms with Crippen LogP contribution < -0.4 is 0 Å². The Morgan fingerprint density at radius 2 is 0.474 bits per heavy atom. The van der Waals surface area contributed by atoms with Gasteiger partial charge in [0.25, 0.3) is 0 Å². The summed E-state index contributed by atoms with van der Waals surface area (Å²) >= 11 is 23.7. The first-order valence-electron chi connectivity index (χ1n) is 34.6. The van der Waals surface area contributed by atoms with Gasteiger partial charge in [0.15, 0.2) is 0 Å². The molecule has 0 bridgehead atoms. The van der Waals surface area contributed by atoms with Gasteiger partial charge >= 0.3 is 0 Å². The third-order valence-corrected chi connectivity index (χ3v) is 17.8. The SMILES string of the molecule is CC(C)c1c(Cl)cccc1Cl.CC(C)c1c(F)cccc1Cl.CC(C)c1c(F)cccc1F.CC(C)c1ccccc1C1CC1.Cc1cccc(Cl)c1C(C)C.Cc1cccc(F)c1C(C)C.Cc1ccccc1C(C)C.Cc1ccccc1C(C)C.Cc1ccccc1C(C)C. The molecule has 0 amide bonds. The third kappa shape index (κ3) is 30.5. The lowest BCUT2D eigenvalue weighted by Gasteiger charge is -2.11. The minimum Gasteiger partial charge on any atom is -0.207 e. The summed E-state index contributed by atoms with van der Waals surface area (Å²) in [7, 11) is 0. The van der Waals surface area contributed by atoms with Crippen molar-refractivity contribution >= 4 is 46.4 Å². The zero-order chi connectivity index (χ0) is 73.4. The lowest BCUT2D eigenvalue weighted by Crippen LogP contribution is -1.96. The zero-order valence-corrected chi connectivity index (χ0v) is 65.6. The Balaban J connectivity index is 0.000000372. The Labute approximate surface area is 606 Å². The second-order valence-electron chi connectivity index (χ2n) is 27.7. The molecular weight excluding hydrogens is 1290 g/mol. The normalized spacial score (nSPS) is 11.3. The fourth-order valence-corrected chi connectivity index (χ4v) is 13.1. The zero-order valence-electron chi connectivity index (χ0n) is 62.6. The number of rotatable bonds is 10. The van der Waals surface area contributed by atoms with Gasteiger partial charge in [0.1, 0.15) is 23.3 Å². The molecule has 0 spiro atoms. The molecule has 0 unspecified atom stereocenters.